The lowest BCUT2D eigenvalue weighted by Gasteiger charge is -2.28. The lowest BCUT2D eigenvalue weighted by molar-refractivity contribution is -0.132. The molecule has 1 aliphatic heterocycles. The number of amides is 1. The van der Waals surface area contributed by atoms with Crippen molar-refractivity contribution in [1.82, 2.24) is 4.90 Å². The van der Waals surface area contributed by atoms with E-state index in [1.807, 2.05) is 4.90 Å². The van der Waals surface area contributed by atoms with Gasteiger partial charge in [-0.25, -0.2) is 0 Å². The zero-order chi connectivity index (χ0) is 14.5. The summed E-state index contributed by atoms with van der Waals surface area (Å²) in [7, 11) is 0. The maximum Gasteiger partial charge on any atom is 0.222 e. The largest absolute Gasteiger partial charge is 0.341 e. The number of carbonyl (C=O) groups is 1. The molecule has 0 spiro atoms. The van der Waals surface area contributed by atoms with E-state index >= 15 is 0 Å². The smallest absolute Gasteiger partial charge is 0.222 e. The van der Waals surface area contributed by atoms with Crippen molar-refractivity contribution >= 4 is 5.91 Å². The van der Waals surface area contributed by atoms with Crippen LogP contribution in [-0.2, 0) is 4.79 Å². The number of benzene rings is 1. The monoisotopic (exact) mass is 274 g/mol. The zero-order valence-corrected chi connectivity index (χ0v) is 12.7. The number of aryl methyl sites for hydroxylation is 2. The average Bonchev–Trinajstić information content (AvgIpc) is 2.41. The molecule has 20 heavy (non-hydrogen) atoms. The van der Waals surface area contributed by atoms with Gasteiger partial charge in [0.2, 0.25) is 5.91 Å². The molecule has 1 amide bonds. The maximum absolute atomic E-state index is 12.2. The number of likely N-dealkylation sites (tertiary alicyclic amines) is 1. The lowest BCUT2D eigenvalue weighted by Crippen LogP contribution is -2.38. The van der Waals surface area contributed by atoms with Gasteiger partial charge in [-0.05, 0) is 37.8 Å². The van der Waals surface area contributed by atoms with Crippen LogP contribution in [-0.4, -0.2) is 23.9 Å². The third-order valence-corrected chi connectivity index (χ3v) is 4.17. The first kappa shape index (κ1) is 15.0. The van der Waals surface area contributed by atoms with Gasteiger partial charge < -0.3 is 10.6 Å². The molecule has 2 rings (SSSR count). The van der Waals surface area contributed by atoms with E-state index in [2.05, 4.69) is 32.0 Å². The van der Waals surface area contributed by atoms with Gasteiger partial charge in [-0.15, -0.1) is 0 Å². The molecule has 0 aromatic heterocycles. The topological polar surface area (TPSA) is 46.3 Å². The molecular weight excluding hydrogens is 248 g/mol. The van der Waals surface area contributed by atoms with Crippen molar-refractivity contribution < 1.29 is 4.79 Å². The summed E-state index contributed by atoms with van der Waals surface area (Å²) in [5.74, 6) is 0.269. The SMILES string of the molecule is Cc1ccc(C)c(C(N)CN2CCCCCCC2=O)c1. The molecule has 1 heterocycles. The number of nitrogens with zero attached hydrogens (tertiary/aromatic N) is 1. The zero-order valence-electron chi connectivity index (χ0n) is 12.7. The summed E-state index contributed by atoms with van der Waals surface area (Å²) in [6, 6.07) is 6.28. The fourth-order valence-electron chi connectivity index (χ4n) is 2.90. The molecule has 0 bridgehead atoms. The molecule has 0 aliphatic carbocycles. The van der Waals surface area contributed by atoms with Gasteiger partial charge in [0.1, 0.15) is 0 Å². The summed E-state index contributed by atoms with van der Waals surface area (Å²) in [6.45, 7) is 5.67. The Morgan fingerprint density at radius 3 is 2.75 bits per heavy atom. The van der Waals surface area contributed by atoms with Crippen LogP contribution >= 0.6 is 0 Å². The van der Waals surface area contributed by atoms with Crippen LogP contribution < -0.4 is 5.73 Å². The van der Waals surface area contributed by atoms with Crippen LogP contribution in [0.4, 0.5) is 0 Å². The minimum Gasteiger partial charge on any atom is -0.341 e. The van der Waals surface area contributed by atoms with E-state index < -0.39 is 0 Å². The Morgan fingerprint density at radius 2 is 1.95 bits per heavy atom. The first-order valence-corrected chi connectivity index (χ1v) is 7.68. The van der Waals surface area contributed by atoms with Gasteiger partial charge in [0.25, 0.3) is 0 Å². The van der Waals surface area contributed by atoms with Crippen LogP contribution in [0.2, 0.25) is 0 Å². The van der Waals surface area contributed by atoms with E-state index in [0.29, 0.717) is 13.0 Å². The minimum absolute atomic E-state index is 0.0849. The second kappa shape index (κ2) is 6.89. The van der Waals surface area contributed by atoms with Crippen LogP contribution in [0.3, 0.4) is 0 Å². The van der Waals surface area contributed by atoms with E-state index in [9.17, 15) is 4.79 Å². The third kappa shape index (κ3) is 3.83. The van der Waals surface area contributed by atoms with Gasteiger partial charge in [0.15, 0.2) is 0 Å². The van der Waals surface area contributed by atoms with Gasteiger partial charge in [0.05, 0.1) is 0 Å². The number of rotatable bonds is 3. The Morgan fingerprint density at radius 1 is 1.20 bits per heavy atom. The molecule has 1 atom stereocenters. The highest BCUT2D eigenvalue weighted by Crippen LogP contribution is 2.20. The molecule has 1 aromatic carbocycles. The molecule has 1 unspecified atom stereocenters. The van der Waals surface area contributed by atoms with Gasteiger partial charge in [-0.3, -0.25) is 4.79 Å². The number of carbonyl (C=O) groups excluding carboxylic acids is 1. The molecule has 2 N–H and O–H groups in total. The Bertz CT molecular complexity index is 470. The second-order valence-electron chi connectivity index (χ2n) is 5.97. The fourth-order valence-corrected chi connectivity index (χ4v) is 2.90. The van der Waals surface area contributed by atoms with Crippen LogP contribution in [0.15, 0.2) is 18.2 Å². The van der Waals surface area contributed by atoms with Gasteiger partial charge >= 0.3 is 0 Å². The molecule has 1 aromatic rings. The predicted octanol–water partition coefficient (Wildman–Crippen LogP) is 3.10. The normalized spacial score (nSPS) is 18.6. The maximum atomic E-state index is 12.2. The highest BCUT2D eigenvalue weighted by molar-refractivity contribution is 5.76. The summed E-state index contributed by atoms with van der Waals surface area (Å²) >= 11 is 0. The Kier molecular flexibility index (Phi) is 5.18. The van der Waals surface area contributed by atoms with Crippen LogP contribution in [0, 0.1) is 13.8 Å². The summed E-state index contributed by atoms with van der Waals surface area (Å²) < 4.78 is 0. The third-order valence-electron chi connectivity index (χ3n) is 4.17. The van der Waals surface area contributed by atoms with Crippen LogP contribution in [0.5, 0.6) is 0 Å². The van der Waals surface area contributed by atoms with Crippen LogP contribution in [0.25, 0.3) is 0 Å². The lowest BCUT2D eigenvalue weighted by atomic mass is 9.98. The van der Waals surface area contributed by atoms with E-state index in [-0.39, 0.29) is 11.9 Å². The molecule has 3 heteroatoms. The quantitative estimate of drug-likeness (QED) is 0.920. The highest BCUT2D eigenvalue weighted by Gasteiger charge is 2.19. The molecule has 0 radical (unpaired) electrons. The number of hydrogen-bond donors (Lipinski definition) is 1. The van der Waals surface area contributed by atoms with Crippen molar-refractivity contribution in [3.05, 3.63) is 34.9 Å². The molecule has 1 fully saturated rings. The highest BCUT2D eigenvalue weighted by atomic mass is 16.2. The molecule has 0 saturated carbocycles. The number of nitrogens with two attached hydrogens (primary N) is 1. The molecule has 110 valence electrons. The van der Waals surface area contributed by atoms with Crippen molar-refractivity contribution in [1.29, 1.82) is 0 Å². The van der Waals surface area contributed by atoms with Crippen molar-refractivity contribution in [2.45, 2.75) is 52.0 Å². The first-order valence-electron chi connectivity index (χ1n) is 7.68. The van der Waals surface area contributed by atoms with Gasteiger partial charge in [-0.2, -0.15) is 0 Å². The summed E-state index contributed by atoms with van der Waals surface area (Å²) in [6.07, 6.45) is 5.21. The van der Waals surface area contributed by atoms with Gasteiger partial charge in [-0.1, -0.05) is 36.6 Å². The summed E-state index contributed by atoms with van der Waals surface area (Å²) in [5.41, 5.74) is 9.95. The van der Waals surface area contributed by atoms with Crippen molar-refractivity contribution in [3.8, 4) is 0 Å². The number of hydrogen-bond acceptors (Lipinski definition) is 2. The average molecular weight is 274 g/mol. The molecule has 1 saturated heterocycles. The van der Waals surface area contributed by atoms with E-state index in [1.54, 1.807) is 0 Å². The Hall–Kier alpha value is -1.35. The summed E-state index contributed by atoms with van der Waals surface area (Å²) in [4.78, 5) is 14.1. The minimum atomic E-state index is -0.0849. The summed E-state index contributed by atoms with van der Waals surface area (Å²) in [5, 5.41) is 0. The van der Waals surface area contributed by atoms with Gasteiger partial charge in [0, 0.05) is 25.6 Å². The molecular formula is C17H26N2O. The van der Waals surface area contributed by atoms with Crippen molar-refractivity contribution in [3.63, 3.8) is 0 Å². The standard InChI is InChI=1S/C17H26N2O/c1-13-8-9-14(2)15(11-13)16(18)12-19-10-6-4-3-5-7-17(19)20/h8-9,11,16H,3-7,10,12,18H2,1-2H3. The van der Waals surface area contributed by atoms with Crippen LogP contribution in [0.1, 0.15) is 54.8 Å². The first-order chi connectivity index (χ1) is 9.58. The predicted molar refractivity (Wildman–Crippen MR) is 82.5 cm³/mol. The van der Waals surface area contributed by atoms with Crippen molar-refractivity contribution in [2.24, 2.45) is 5.73 Å². The fraction of sp³-hybridized carbons (Fsp3) is 0.588. The second-order valence-corrected chi connectivity index (χ2v) is 5.97. The van der Waals surface area contributed by atoms with Crippen molar-refractivity contribution in [2.75, 3.05) is 13.1 Å². The van der Waals surface area contributed by atoms with E-state index in [0.717, 1.165) is 19.4 Å². The molecule has 3 nitrogen and oxygen atoms in total. The molecule has 1 aliphatic rings. The van der Waals surface area contributed by atoms with E-state index in [1.165, 1.54) is 29.5 Å². The van der Waals surface area contributed by atoms with E-state index in [4.69, 9.17) is 5.73 Å². The Balaban J connectivity index is 2.06. The Labute approximate surface area is 122 Å².